The van der Waals surface area contributed by atoms with Crippen LogP contribution in [0, 0.1) is 11.3 Å². The minimum absolute atomic E-state index is 0.613. The maximum Gasteiger partial charge on any atom is 0.00879 e. The van der Waals surface area contributed by atoms with Gasteiger partial charge >= 0.3 is 0 Å². The number of unbranched alkanes of at least 4 members (excludes halogenated alkanes) is 7. The number of alkyl halides is 1. The fourth-order valence-electron chi connectivity index (χ4n) is 2.82. The Morgan fingerprint density at radius 1 is 0.941 bits per heavy atom. The maximum atomic E-state index is 3.72. The van der Waals surface area contributed by atoms with E-state index in [-0.39, 0.29) is 0 Å². The molecule has 1 rings (SSSR count). The van der Waals surface area contributed by atoms with Crippen LogP contribution >= 0.6 is 15.9 Å². The Morgan fingerprint density at radius 2 is 1.47 bits per heavy atom. The molecule has 0 aromatic rings. The predicted molar refractivity (Wildman–Crippen MR) is 81.9 cm³/mol. The molecule has 17 heavy (non-hydrogen) atoms. The quantitative estimate of drug-likeness (QED) is 0.309. The Labute approximate surface area is 117 Å². The lowest BCUT2D eigenvalue weighted by Crippen LogP contribution is -2.20. The van der Waals surface area contributed by atoms with Gasteiger partial charge in [0.2, 0.25) is 0 Å². The zero-order chi connectivity index (χ0) is 12.6. The van der Waals surface area contributed by atoms with Crippen LogP contribution in [-0.2, 0) is 0 Å². The van der Waals surface area contributed by atoms with Gasteiger partial charge in [0.1, 0.15) is 0 Å². The summed E-state index contributed by atoms with van der Waals surface area (Å²) in [6.45, 7) is 4.78. The third kappa shape index (κ3) is 6.27. The Kier molecular flexibility index (Phi) is 7.82. The molecule has 0 spiro atoms. The molecule has 0 aromatic carbocycles. The van der Waals surface area contributed by atoms with Gasteiger partial charge in [0.05, 0.1) is 0 Å². The molecule has 1 fully saturated rings. The molecule has 1 saturated carbocycles. The van der Waals surface area contributed by atoms with E-state index in [1.54, 1.807) is 0 Å². The highest BCUT2D eigenvalue weighted by atomic mass is 79.9. The van der Waals surface area contributed by atoms with Crippen molar-refractivity contribution in [2.24, 2.45) is 11.3 Å². The van der Waals surface area contributed by atoms with Crippen molar-refractivity contribution in [3.8, 4) is 0 Å². The smallest absolute Gasteiger partial charge is 0.00879 e. The second-order valence-electron chi connectivity index (χ2n) is 6.29. The summed E-state index contributed by atoms with van der Waals surface area (Å²) < 4.78 is 0. The number of hydrogen-bond donors (Lipinski definition) is 0. The number of halogens is 1. The van der Waals surface area contributed by atoms with E-state index >= 15 is 0 Å². The van der Waals surface area contributed by atoms with Gasteiger partial charge < -0.3 is 0 Å². The Hall–Kier alpha value is 0.480. The van der Waals surface area contributed by atoms with Crippen molar-refractivity contribution < 1.29 is 0 Å². The highest BCUT2D eigenvalue weighted by Gasteiger charge is 2.39. The van der Waals surface area contributed by atoms with Gasteiger partial charge in [0.15, 0.2) is 0 Å². The summed E-state index contributed by atoms with van der Waals surface area (Å²) >= 11 is 3.72. The first-order chi connectivity index (χ1) is 8.23. The first-order valence-corrected chi connectivity index (χ1v) is 8.91. The van der Waals surface area contributed by atoms with Crippen LogP contribution in [0.3, 0.4) is 0 Å². The van der Waals surface area contributed by atoms with Gasteiger partial charge in [-0.3, -0.25) is 0 Å². The molecule has 0 nitrogen and oxygen atoms in total. The van der Waals surface area contributed by atoms with E-state index in [0.717, 1.165) is 5.92 Å². The van der Waals surface area contributed by atoms with Crippen molar-refractivity contribution in [1.29, 1.82) is 0 Å². The first-order valence-electron chi connectivity index (χ1n) is 7.79. The van der Waals surface area contributed by atoms with Gasteiger partial charge in [-0.05, 0) is 30.6 Å². The second-order valence-corrected chi connectivity index (χ2v) is 6.85. The van der Waals surface area contributed by atoms with E-state index in [0.29, 0.717) is 5.41 Å². The SMILES string of the molecule is CCCCCCCCCCC(C)(CBr)C1CC1. The lowest BCUT2D eigenvalue weighted by Gasteiger charge is -2.27. The Bertz CT molecular complexity index is 186. The number of hydrogen-bond acceptors (Lipinski definition) is 0. The first kappa shape index (κ1) is 15.5. The van der Waals surface area contributed by atoms with Crippen molar-refractivity contribution in [3.05, 3.63) is 0 Å². The third-order valence-electron chi connectivity index (χ3n) is 4.47. The standard InChI is InChI=1S/C16H31Br/c1-3-4-5-6-7-8-9-10-13-16(2,14-17)15-11-12-15/h15H,3-14H2,1-2H3. The van der Waals surface area contributed by atoms with Crippen LogP contribution in [-0.4, -0.2) is 5.33 Å². The van der Waals surface area contributed by atoms with Crippen molar-refractivity contribution in [1.82, 2.24) is 0 Å². The van der Waals surface area contributed by atoms with Gasteiger partial charge in [-0.2, -0.15) is 0 Å². The lowest BCUT2D eigenvalue weighted by atomic mass is 9.82. The van der Waals surface area contributed by atoms with Gasteiger partial charge in [0, 0.05) is 5.33 Å². The van der Waals surface area contributed by atoms with Gasteiger partial charge in [0.25, 0.3) is 0 Å². The zero-order valence-corrected chi connectivity index (χ0v) is 13.5. The highest BCUT2D eigenvalue weighted by Crippen LogP contribution is 2.49. The fourth-order valence-corrected chi connectivity index (χ4v) is 3.56. The molecule has 1 heteroatoms. The van der Waals surface area contributed by atoms with Crippen LogP contribution in [0.1, 0.15) is 84.5 Å². The number of rotatable bonds is 11. The summed E-state index contributed by atoms with van der Waals surface area (Å²) in [5.74, 6) is 1.03. The van der Waals surface area contributed by atoms with Gasteiger partial charge in [-0.15, -0.1) is 0 Å². The topological polar surface area (TPSA) is 0 Å². The zero-order valence-electron chi connectivity index (χ0n) is 11.9. The van der Waals surface area contributed by atoms with Crippen molar-refractivity contribution in [2.75, 3.05) is 5.33 Å². The van der Waals surface area contributed by atoms with Crippen LogP contribution in [0.25, 0.3) is 0 Å². The Morgan fingerprint density at radius 3 is 1.94 bits per heavy atom. The minimum Gasteiger partial charge on any atom is -0.0922 e. The van der Waals surface area contributed by atoms with E-state index < -0.39 is 0 Å². The molecule has 1 atom stereocenters. The van der Waals surface area contributed by atoms with E-state index in [9.17, 15) is 0 Å². The summed E-state index contributed by atoms with van der Waals surface area (Å²) in [6.07, 6.45) is 16.0. The summed E-state index contributed by atoms with van der Waals surface area (Å²) in [4.78, 5) is 0. The molecule has 0 bridgehead atoms. The molecule has 1 aliphatic rings. The molecule has 0 saturated heterocycles. The summed E-state index contributed by atoms with van der Waals surface area (Å²) in [5.41, 5.74) is 0.613. The van der Waals surface area contributed by atoms with Crippen LogP contribution in [0.2, 0.25) is 0 Å². The maximum absolute atomic E-state index is 3.72. The Balaban J connectivity index is 1.92. The van der Waals surface area contributed by atoms with E-state index in [1.165, 1.54) is 76.0 Å². The van der Waals surface area contributed by atoms with Crippen LogP contribution in [0.5, 0.6) is 0 Å². The largest absolute Gasteiger partial charge is 0.0922 e. The summed E-state index contributed by atoms with van der Waals surface area (Å²) in [7, 11) is 0. The molecule has 1 aliphatic carbocycles. The van der Waals surface area contributed by atoms with E-state index in [1.807, 2.05) is 0 Å². The average molecular weight is 303 g/mol. The molecule has 102 valence electrons. The summed E-state index contributed by atoms with van der Waals surface area (Å²) in [6, 6.07) is 0. The average Bonchev–Trinajstić information content (AvgIpc) is 3.16. The molecule has 1 unspecified atom stereocenters. The van der Waals surface area contributed by atoms with E-state index in [2.05, 4.69) is 29.8 Å². The molecular weight excluding hydrogens is 272 g/mol. The molecule has 0 aliphatic heterocycles. The highest BCUT2D eigenvalue weighted by molar-refractivity contribution is 9.09. The van der Waals surface area contributed by atoms with Gasteiger partial charge in [-0.25, -0.2) is 0 Å². The molecule has 0 N–H and O–H groups in total. The molecule has 0 heterocycles. The van der Waals surface area contributed by atoms with Crippen molar-refractivity contribution in [2.45, 2.75) is 84.5 Å². The van der Waals surface area contributed by atoms with Crippen LogP contribution < -0.4 is 0 Å². The fraction of sp³-hybridized carbons (Fsp3) is 1.00. The van der Waals surface area contributed by atoms with Crippen molar-refractivity contribution >= 4 is 15.9 Å². The molecule has 0 radical (unpaired) electrons. The van der Waals surface area contributed by atoms with Crippen molar-refractivity contribution in [3.63, 3.8) is 0 Å². The second kappa shape index (κ2) is 8.56. The molecule has 0 aromatic heterocycles. The minimum atomic E-state index is 0.613. The van der Waals surface area contributed by atoms with E-state index in [4.69, 9.17) is 0 Å². The molecular formula is C16H31Br. The summed E-state index contributed by atoms with van der Waals surface area (Å²) in [5, 5.41) is 1.21. The third-order valence-corrected chi connectivity index (χ3v) is 5.75. The predicted octanol–water partition coefficient (Wildman–Crippen LogP) is 6.33. The molecule has 0 amide bonds. The lowest BCUT2D eigenvalue weighted by molar-refractivity contribution is 0.281. The van der Waals surface area contributed by atoms with Gasteiger partial charge in [-0.1, -0.05) is 81.1 Å². The van der Waals surface area contributed by atoms with Crippen LogP contribution in [0.15, 0.2) is 0 Å². The van der Waals surface area contributed by atoms with Crippen LogP contribution in [0.4, 0.5) is 0 Å². The monoisotopic (exact) mass is 302 g/mol. The normalized spacial score (nSPS) is 19.2.